The number of amides is 2. The number of nitrogens with zero attached hydrogens (tertiary/aromatic N) is 1. The van der Waals surface area contributed by atoms with Crippen LogP contribution in [0.5, 0.6) is 0 Å². The number of ether oxygens (including phenoxy) is 1. The van der Waals surface area contributed by atoms with Gasteiger partial charge in [0.1, 0.15) is 5.60 Å². The van der Waals surface area contributed by atoms with Gasteiger partial charge in [0.25, 0.3) is 0 Å². The highest BCUT2D eigenvalue weighted by molar-refractivity contribution is 6.42. The number of rotatable bonds is 1. The van der Waals surface area contributed by atoms with Crippen LogP contribution in [0, 0.1) is 5.92 Å². The number of fused-ring (bicyclic) bond motifs is 1. The van der Waals surface area contributed by atoms with Crippen molar-refractivity contribution in [2.45, 2.75) is 38.2 Å². The number of halogens is 2. The molecule has 22 heavy (non-hydrogen) atoms. The fourth-order valence-corrected chi connectivity index (χ4v) is 3.38. The maximum Gasteiger partial charge on any atom is 0.417 e. The quantitative estimate of drug-likeness (QED) is 0.774. The minimum Gasteiger partial charge on any atom is -0.443 e. The molecule has 2 amide bonds. The Morgan fingerprint density at radius 2 is 2.00 bits per heavy atom. The van der Waals surface area contributed by atoms with Gasteiger partial charge in [-0.3, -0.25) is 4.79 Å². The summed E-state index contributed by atoms with van der Waals surface area (Å²) in [7, 11) is 0. The minimum atomic E-state index is -0.634. The van der Waals surface area contributed by atoms with Crippen molar-refractivity contribution in [2.24, 2.45) is 5.92 Å². The summed E-state index contributed by atoms with van der Waals surface area (Å²) in [6.07, 6.45) is 0.160. The van der Waals surface area contributed by atoms with Gasteiger partial charge in [-0.1, -0.05) is 29.3 Å². The molecule has 1 aliphatic carbocycles. The van der Waals surface area contributed by atoms with E-state index in [-0.39, 0.29) is 11.8 Å². The maximum atomic E-state index is 12.7. The normalized spacial score (nSPS) is 26.9. The molecule has 3 rings (SSSR count). The zero-order valence-corrected chi connectivity index (χ0v) is 14.2. The molecular weight excluding hydrogens is 325 g/mol. The number of piperidine rings is 1. The van der Waals surface area contributed by atoms with Crippen LogP contribution in [0.4, 0.5) is 4.79 Å². The summed E-state index contributed by atoms with van der Waals surface area (Å²) in [5.41, 5.74) is -0.436. The van der Waals surface area contributed by atoms with Crippen LogP contribution in [0.25, 0.3) is 0 Å². The first-order chi connectivity index (χ1) is 10.1. The Balaban J connectivity index is 1.85. The van der Waals surface area contributed by atoms with Crippen LogP contribution in [-0.2, 0) is 14.9 Å². The molecule has 2 aliphatic rings. The van der Waals surface area contributed by atoms with Crippen molar-refractivity contribution in [2.75, 3.05) is 6.54 Å². The number of imide groups is 1. The summed E-state index contributed by atoms with van der Waals surface area (Å²) in [6, 6.07) is 5.22. The van der Waals surface area contributed by atoms with E-state index < -0.39 is 17.1 Å². The molecular formula is C16H17Cl2NO3. The van der Waals surface area contributed by atoms with Crippen LogP contribution in [0.1, 0.15) is 32.8 Å². The van der Waals surface area contributed by atoms with Crippen molar-refractivity contribution in [1.29, 1.82) is 0 Å². The third kappa shape index (κ3) is 2.38. The lowest BCUT2D eigenvalue weighted by molar-refractivity contribution is -0.130. The molecule has 4 nitrogen and oxygen atoms in total. The highest BCUT2D eigenvalue weighted by Crippen LogP contribution is 2.60. The Bertz CT molecular complexity index is 668. The molecule has 0 N–H and O–H groups in total. The Morgan fingerprint density at radius 3 is 2.59 bits per heavy atom. The van der Waals surface area contributed by atoms with E-state index in [0.29, 0.717) is 16.6 Å². The Labute approximate surface area is 139 Å². The first-order valence-corrected chi connectivity index (χ1v) is 7.91. The summed E-state index contributed by atoms with van der Waals surface area (Å²) < 4.78 is 5.30. The van der Waals surface area contributed by atoms with Crippen LogP contribution in [0.3, 0.4) is 0 Å². The zero-order valence-electron chi connectivity index (χ0n) is 12.7. The van der Waals surface area contributed by atoms with Gasteiger partial charge >= 0.3 is 6.09 Å². The summed E-state index contributed by atoms with van der Waals surface area (Å²) in [5.74, 6) is -0.0742. The molecule has 1 aromatic carbocycles. The lowest BCUT2D eigenvalue weighted by Crippen LogP contribution is -2.41. The van der Waals surface area contributed by atoms with Gasteiger partial charge in [0, 0.05) is 6.54 Å². The first kappa shape index (κ1) is 15.6. The van der Waals surface area contributed by atoms with Gasteiger partial charge in [0.2, 0.25) is 5.91 Å². The molecule has 0 aromatic heterocycles. The van der Waals surface area contributed by atoms with Crippen molar-refractivity contribution in [3.8, 4) is 0 Å². The van der Waals surface area contributed by atoms with Crippen molar-refractivity contribution in [3.63, 3.8) is 0 Å². The molecule has 1 saturated heterocycles. The molecule has 1 aromatic rings. The number of hydrogen-bond donors (Lipinski definition) is 0. The molecule has 1 saturated carbocycles. The monoisotopic (exact) mass is 341 g/mol. The summed E-state index contributed by atoms with van der Waals surface area (Å²) in [5, 5.41) is 0.871. The Morgan fingerprint density at radius 1 is 1.32 bits per heavy atom. The molecule has 0 bridgehead atoms. The van der Waals surface area contributed by atoms with E-state index in [1.165, 1.54) is 4.90 Å². The van der Waals surface area contributed by atoms with Crippen molar-refractivity contribution < 1.29 is 14.3 Å². The molecule has 0 spiro atoms. The molecule has 2 unspecified atom stereocenters. The maximum absolute atomic E-state index is 12.7. The fourth-order valence-electron chi connectivity index (χ4n) is 3.08. The van der Waals surface area contributed by atoms with Crippen molar-refractivity contribution in [3.05, 3.63) is 33.8 Å². The van der Waals surface area contributed by atoms with E-state index in [4.69, 9.17) is 27.9 Å². The number of benzene rings is 1. The predicted molar refractivity (Wildman–Crippen MR) is 84.2 cm³/mol. The molecule has 2 fully saturated rings. The van der Waals surface area contributed by atoms with Gasteiger partial charge in [-0.2, -0.15) is 0 Å². The van der Waals surface area contributed by atoms with Crippen LogP contribution >= 0.6 is 23.2 Å². The highest BCUT2D eigenvalue weighted by Gasteiger charge is 2.68. The molecule has 1 aliphatic heterocycles. The molecule has 118 valence electrons. The van der Waals surface area contributed by atoms with E-state index in [2.05, 4.69) is 0 Å². The van der Waals surface area contributed by atoms with Crippen LogP contribution < -0.4 is 0 Å². The Kier molecular flexibility index (Phi) is 3.46. The lowest BCUT2D eigenvalue weighted by Gasteiger charge is -2.25. The SMILES string of the molecule is CC(C)(C)OC(=O)N1CC2CC2(c2ccc(Cl)c(Cl)c2)C1=O. The molecule has 6 heteroatoms. The number of hydrogen-bond acceptors (Lipinski definition) is 3. The van der Waals surface area contributed by atoms with Gasteiger partial charge in [0.05, 0.1) is 15.5 Å². The topological polar surface area (TPSA) is 46.6 Å². The summed E-state index contributed by atoms with van der Waals surface area (Å²) >= 11 is 12.0. The standard InChI is InChI=1S/C16H17Cl2NO3/c1-15(2,3)22-14(21)19-8-10-7-16(10,13(19)20)9-4-5-11(17)12(18)6-9/h4-6,10H,7-8H2,1-3H3. The van der Waals surface area contributed by atoms with Crippen molar-refractivity contribution in [1.82, 2.24) is 4.90 Å². The third-order valence-electron chi connectivity index (χ3n) is 4.18. The molecule has 1 heterocycles. The van der Waals surface area contributed by atoms with Crippen LogP contribution in [0.2, 0.25) is 10.0 Å². The van der Waals surface area contributed by atoms with Gasteiger partial charge in [0.15, 0.2) is 0 Å². The number of likely N-dealkylation sites (tertiary alicyclic amines) is 1. The average molecular weight is 342 g/mol. The van der Waals surface area contributed by atoms with E-state index in [9.17, 15) is 9.59 Å². The number of carbonyl (C=O) groups excluding carboxylic acids is 2. The number of carbonyl (C=O) groups is 2. The molecule has 2 atom stereocenters. The largest absolute Gasteiger partial charge is 0.443 e. The first-order valence-electron chi connectivity index (χ1n) is 7.15. The van der Waals surface area contributed by atoms with E-state index in [1.54, 1.807) is 32.9 Å². The Hall–Kier alpha value is -1.26. The smallest absolute Gasteiger partial charge is 0.417 e. The second kappa shape index (κ2) is 4.87. The van der Waals surface area contributed by atoms with Crippen molar-refractivity contribution >= 4 is 35.2 Å². The molecule has 0 radical (unpaired) electrons. The van der Waals surface area contributed by atoms with Gasteiger partial charge in [-0.05, 0) is 50.8 Å². The second-order valence-corrected chi connectivity index (χ2v) is 7.71. The van der Waals surface area contributed by atoms with Crippen LogP contribution in [-0.4, -0.2) is 29.0 Å². The second-order valence-electron chi connectivity index (χ2n) is 6.90. The van der Waals surface area contributed by atoms with Crippen LogP contribution in [0.15, 0.2) is 18.2 Å². The van der Waals surface area contributed by atoms with Gasteiger partial charge in [-0.15, -0.1) is 0 Å². The fraction of sp³-hybridized carbons (Fsp3) is 0.500. The van der Waals surface area contributed by atoms with Gasteiger partial charge in [-0.25, -0.2) is 9.69 Å². The summed E-state index contributed by atoms with van der Waals surface area (Å²) in [6.45, 7) is 5.73. The van der Waals surface area contributed by atoms with E-state index >= 15 is 0 Å². The lowest BCUT2D eigenvalue weighted by atomic mass is 9.94. The van der Waals surface area contributed by atoms with E-state index in [0.717, 1.165) is 12.0 Å². The van der Waals surface area contributed by atoms with E-state index in [1.807, 2.05) is 6.07 Å². The zero-order chi connectivity index (χ0) is 16.3. The summed E-state index contributed by atoms with van der Waals surface area (Å²) in [4.78, 5) is 26.1. The predicted octanol–water partition coefficient (Wildman–Crippen LogP) is 4.03. The van der Waals surface area contributed by atoms with Gasteiger partial charge < -0.3 is 4.74 Å². The third-order valence-corrected chi connectivity index (χ3v) is 4.92. The minimum absolute atomic E-state index is 0.129. The average Bonchev–Trinajstić information content (AvgIpc) is 3.05. The highest BCUT2D eigenvalue weighted by atomic mass is 35.5.